The number of nitrogens with one attached hydrogen (secondary N) is 1. The van der Waals surface area contributed by atoms with Crippen LogP contribution in [0.5, 0.6) is 0 Å². The Kier molecular flexibility index (Phi) is 6.20. The van der Waals surface area contributed by atoms with Gasteiger partial charge in [0.25, 0.3) is 10.0 Å². The Labute approximate surface area is 219 Å². The van der Waals surface area contributed by atoms with E-state index in [0.717, 1.165) is 59.5 Å². The van der Waals surface area contributed by atoms with Crippen molar-refractivity contribution in [1.29, 1.82) is 0 Å². The molecule has 2 bridgehead atoms. The highest BCUT2D eigenvalue weighted by Crippen LogP contribution is 2.36. The smallest absolute Gasteiger partial charge is 0.261 e. The lowest BCUT2D eigenvalue weighted by Gasteiger charge is -2.23. The van der Waals surface area contributed by atoms with Gasteiger partial charge in [-0.05, 0) is 85.5 Å². The third-order valence-electron chi connectivity index (χ3n) is 7.32. The van der Waals surface area contributed by atoms with Gasteiger partial charge < -0.3 is 4.90 Å². The van der Waals surface area contributed by atoms with Gasteiger partial charge >= 0.3 is 0 Å². The molecule has 3 aliphatic rings. The van der Waals surface area contributed by atoms with Crippen molar-refractivity contribution in [1.82, 2.24) is 15.0 Å². The van der Waals surface area contributed by atoms with Crippen LogP contribution in [-0.2, 0) is 10.0 Å². The molecule has 4 heterocycles. The predicted octanol–water partition coefficient (Wildman–Crippen LogP) is 5.91. The Morgan fingerprint density at radius 3 is 2.27 bits per heavy atom. The van der Waals surface area contributed by atoms with E-state index in [1.165, 1.54) is 37.8 Å². The van der Waals surface area contributed by atoms with Crippen LogP contribution in [0.2, 0.25) is 5.15 Å². The minimum Gasteiger partial charge on any atom is -0.355 e. The van der Waals surface area contributed by atoms with Gasteiger partial charge in [0, 0.05) is 24.8 Å². The second kappa shape index (κ2) is 9.54. The van der Waals surface area contributed by atoms with Crippen molar-refractivity contribution in [3.8, 4) is 11.1 Å². The van der Waals surface area contributed by atoms with Crippen molar-refractivity contribution in [2.45, 2.75) is 30.6 Å². The highest BCUT2D eigenvalue weighted by Gasteiger charge is 2.30. The summed E-state index contributed by atoms with van der Waals surface area (Å²) in [6, 6.07) is 11.9. The first kappa shape index (κ1) is 24.1. The molecule has 37 heavy (non-hydrogen) atoms. The zero-order chi connectivity index (χ0) is 25.6. The zero-order valence-corrected chi connectivity index (χ0v) is 21.5. The first-order chi connectivity index (χ1) is 17.8. The Balaban J connectivity index is 1.31. The molecule has 2 aromatic heterocycles. The topological polar surface area (TPSA) is 88.1 Å². The number of aromatic nitrogens is 3. The largest absolute Gasteiger partial charge is 0.355 e. The number of hydrogen-bond donors (Lipinski definition) is 1. The summed E-state index contributed by atoms with van der Waals surface area (Å²) in [5.41, 5.74) is 3.15. The fourth-order valence-electron chi connectivity index (χ4n) is 5.31. The summed E-state index contributed by atoms with van der Waals surface area (Å²) in [5, 5.41) is 0.00750. The van der Waals surface area contributed by atoms with Gasteiger partial charge in [0.2, 0.25) is 0 Å². The maximum atomic E-state index is 13.2. The SMILES string of the molecule is O=S(=O)(Nc1cc(-c2ccc3ncc(N4C[C@H]5CC[C@H](CC5)C4)nc3c2)cnc1Cl)c1ccc(F)cc1. The van der Waals surface area contributed by atoms with Crippen molar-refractivity contribution in [3.63, 3.8) is 0 Å². The maximum Gasteiger partial charge on any atom is 0.261 e. The van der Waals surface area contributed by atoms with E-state index in [4.69, 9.17) is 16.6 Å². The van der Waals surface area contributed by atoms with E-state index in [9.17, 15) is 12.8 Å². The van der Waals surface area contributed by atoms with Gasteiger partial charge in [-0.2, -0.15) is 0 Å². The summed E-state index contributed by atoms with van der Waals surface area (Å²) in [4.78, 5) is 16.1. The molecule has 2 saturated heterocycles. The van der Waals surface area contributed by atoms with Gasteiger partial charge in [0.15, 0.2) is 5.15 Å². The summed E-state index contributed by atoms with van der Waals surface area (Å²) in [7, 11) is -3.98. The van der Waals surface area contributed by atoms with E-state index in [0.29, 0.717) is 5.56 Å². The highest BCUT2D eigenvalue weighted by atomic mass is 35.5. The van der Waals surface area contributed by atoms with Crippen molar-refractivity contribution >= 4 is 44.2 Å². The molecule has 4 aromatic rings. The number of rotatable bonds is 5. The molecular weight excluding hydrogens is 513 g/mol. The second-order valence-electron chi connectivity index (χ2n) is 9.85. The van der Waals surface area contributed by atoms with Crippen LogP contribution >= 0.6 is 11.6 Å². The van der Waals surface area contributed by atoms with Crippen LogP contribution in [0.25, 0.3) is 22.2 Å². The highest BCUT2D eigenvalue weighted by molar-refractivity contribution is 7.92. The van der Waals surface area contributed by atoms with Crippen molar-refractivity contribution in [2.75, 3.05) is 22.7 Å². The third kappa shape index (κ3) is 4.98. The number of nitrogens with zero attached hydrogens (tertiary/aromatic N) is 4. The maximum absolute atomic E-state index is 13.2. The van der Waals surface area contributed by atoms with Gasteiger partial charge in [-0.25, -0.2) is 22.8 Å². The van der Waals surface area contributed by atoms with Crippen LogP contribution in [0.1, 0.15) is 25.7 Å². The van der Waals surface area contributed by atoms with Crippen LogP contribution in [-0.4, -0.2) is 36.5 Å². The Hall–Kier alpha value is -3.30. The number of pyridine rings is 1. The van der Waals surface area contributed by atoms with Gasteiger partial charge in [0.05, 0.1) is 27.8 Å². The molecule has 7 rings (SSSR count). The fourth-order valence-corrected chi connectivity index (χ4v) is 6.57. The Morgan fingerprint density at radius 1 is 0.865 bits per heavy atom. The van der Waals surface area contributed by atoms with Gasteiger partial charge in [-0.1, -0.05) is 17.7 Å². The van der Waals surface area contributed by atoms with Crippen molar-refractivity contribution in [2.24, 2.45) is 11.8 Å². The molecule has 7 nitrogen and oxygen atoms in total. The molecule has 1 aliphatic carbocycles. The standard InChI is InChI=1S/C27H25ClFN5O2S/c28-27-25(33-37(35,36)22-8-6-21(29)7-9-22)12-20(13-31-27)19-5-10-23-24(11-19)32-26(14-30-23)34-15-17-1-2-18(16-34)4-3-17/h5-14,17-18,33H,1-4,15-16H2/t17-,18+. The number of benzene rings is 2. The first-order valence-electron chi connectivity index (χ1n) is 12.3. The molecule has 10 heteroatoms. The lowest BCUT2D eigenvalue weighted by Crippen LogP contribution is -2.29. The number of fused-ring (bicyclic) bond motifs is 5. The summed E-state index contributed by atoms with van der Waals surface area (Å²) in [6.07, 6.45) is 8.63. The van der Waals surface area contributed by atoms with Crippen LogP contribution in [0.15, 0.2) is 65.8 Å². The molecular formula is C27H25ClFN5O2S. The lowest BCUT2D eigenvalue weighted by molar-refractivity contribution is 0.326. The number of halogens is 2. The molecule has 0 amide bonds. The summed E-state index contributed by atoms with van der Waals surface area (Å²) >= 11 is 6.22. The van der Waals surface area contributed by atoms with Crippen molar-refractivity contribution in [3.05, 3.63) is 71.9 Å². The van der Waals surface area contributed by atoms with E-state index in [2.05, 4.69) is 19.6 Å². The average Bonchev–Trinajstić information content (AvgIpc) is 3.24. The van der Waals surface area contributed by atoms with Crippen LogP contribution in [0.4, 0.5) is 15.9 Å². The molecule has 0 radical (unpaired) electrons. The lowest BCUT2D eigenvalue weighted by atomic mass is 9.84. The number of anilines is 2. The van der Waals surface area contributed by atoms with E-state index in [-0.39, 0.29) is 15.7 Å². The van der Waals surface area contributed by atoms with E-state index in [1.807, 2.05) is 24.4 Å². The second-order valence-corrected chi connectivity index (χ2v) is 11.9. The van der Waals surface area contributed by atoms with Crippen LogP contribution in [0, 0.1) is 17.7 Å². The van der Waals surface area contributed by atoms with Gasteiger partial charge in [-0.15, -0.1) is 0 Å². The zero-order valence-electron chi connectivity index (χ0n) is 19.9. The fraction of sp³-hybridized carbons (Fsp3) is 0.296. The average molecular weight is 538 g/mol. The quantitative estimate of drug-likeness (QED) is 0.318. The number of sulfonamides is 1. The minimum atomic E-state index is -3.98. The van der Waals surface area contributed by atoms with E-state index < -0.39 is 15.8 Å². The predicted molar refractivity (Wildman–Crippen MR) is 143 cm³/mol. The molecule has 1 saturated carbocycles. The molecule has 2 aromatic carbocycles. The van der Waals surface area contributed by atoms with Gasteiger partial charge in [-0.3, -0.25) is 9.71 Å². The molecule has 0 unspecified atom stereocenters. The van der Waals surface area contributed by atoms with Crippen LogP contribution < -0.4 is 9.62 Å². The molecule has 3 fully saturated rings. The Morgan fingerprint density at radius 2 is 1.57 bits per heavy atom. The normalized spacial score (nSPS) is 19.7. The van der Waals surface area contributed by atoms with E-state index >= 15 is 0 Å². The molecule has 0 spiro atoms. The third-order valence-corrected chi connectivity index (χ3v) is 9.00. The monoisotopic (exact) mass is 537 g/mol. The van der Waals surface area contributed by atoms with Crippen LogP contribution in [0.3, 0.4) is 0 Å². The molecule has 0 atom stereocenters. The molecule has 2 aliphatic heterocycles. The molecule has 1 N–H and O–H groups in total. The Bertz CT molecular complexity index is 1560. The van der Waals surface area contributed by atoms with Crippen molar-refractivity contribution < 1.29 is 12.8 Å². The molecule has 190 valence electrons. The summed E-state index contributed by atoms with van der Waals surface area (Å²) < 4.78 is 41.3. The number of hydrogen-bond acceptors (Lipinski definition) is 6. The first-order valence-corrected chi connectivity index (χ1v) is 14.2. The minimum absolute atomic E-state index is 0.00750. The summed E-state index contributed by atoms with van der Waals surface area (Å²) in [6.45, 7) is 2.05. The van der Waals surface area contributed by atoms with E-state index in [1.54, 1.807) is 12.3 Å². The summed E-state index contributed by atoms with van der Waals surface area (Å²) in [5.74, 6) is 1.82. The van der Waals surface area contributed by atoms with Gasteiger partial charge in [0.1, 0.15) is 11.6 Å².